The van der Waals surface area contributed by atoms with Crippen LogP contribution in [-0.2, 0) is 0 Å². The third kappa shape index (κ3) is 2.43. The first-order chi connectivity index (χ1) is 11.1. The van der Waals surface area contributed by atoms with Crippen molar-refractivity contribution in [3.8, 4) is 42.5 Å². The van der Waals surface area contributed by atoms with E-state index in [1.165, 1.54) is 12.1 Å². The van der Waals surface area contributed by atoms with Crippen molar-refractivity contribution >= 4 is 18.9 Å². The summed E-state index contributed by atoms with van der Waals surface area (Å²) in [4.78, 5) is 0. The monoisotopic (exact) mass is 289 g/mol. The van der Waals surface area contributed by atoms with Crippen molar-refractivity contribution in [2.45, 2.75) is 0 Å². The van der Waals surface area contributed by atoms with E-state index in [0.717, 1.165) is 0 Å². The molecule has 1 aromatic rings. The molecule has 0 saturated carbocycles. The zero-order valence-corrected chi connectivity index (χ0v) is 11.2. The van der Waals surface area contributed by atoms with Gasteiger partial charge >= 0.3 is 0 Å². The molecule has 8 heteroatoms. The second kappa shape index (κ2) is 6.75. The Balaban J connectivity index is 4.79. The number of benzene rings is 1. The largest absolute Gasteiger partial charge is 0.194 e. The number of hydrogen-bond donors (Lipinski definition) is 0. The SMILES string of the molecule is [B]C(C#N)=c1c(C#N)c(C#N)c(=C(C#N)C#N)c(C#N)c1C#N. The van der Waals surface area contributed by atoms with Gasteiger partial charge in [-0.3, -0.25) is 0 Å². The third-order valence-electron chi connectivity index (χ3n) is 2.81. The standard InChI is InChI=1S/C15BN7/c16-13(7-23)15-11(5-21)9(3-19)14(8(1-17)2-18)10(4-20)12(15)6-22. The van der Waals surface area contributed by atoms with E-state index in [1.54, 1.807) is 30.3 Å². The van der Waals surface area contributed by atoms with Crippen LogP contribution in [-0.4, -0.2) is 7.85 Å². The van der Waals surface area contributed by atoms with Crippen LogP contribution in [0.15, 0.2) is 0 Å². The van der Waals surface area contributed by atoms with Crippen molar-refractivity contribution in [1.29, 1.82) is 36.8 Å². The first-order valence-corrected chi connectivity index (χ1v) is 5.60. The molecular formula is C15BN7. The van der Waals surface area contributed by atoms with Crippen molar-refractivity contribution in [3.05, 3.63) is 32.7 Å². The maximum atomic E-state index is 9.27. The summed E-state index contributed by atoms with van der Waals surface area (Å²) < 4.78 is 0. The normalized spacial score (nSPS) is 7.87. The molecule has 0 bridgehead atoms. The van der Waals surface area contributed by atoms with Gasteiger partial charge in [0, 0.05) is 10.4 Å². The van der Waals surface area contributed by atoms with Gasteiger partial charge < -0.3 is 0 Å². The fourth-order valence-electron chi connectivity index (χ4n) is 1.91. The molecule has 98 valence electrons. The highest BCUT2D eigenvalue weighted by molar-refractivity contribution is 6.42. The van der Waals surface area contributed by atoms with Crippen LogP contribution < -0.4 is 10.4 Å². The Hall–Kier alpha value is -4.55. The molecule has 0 N–H and O–H groups in total. The summed E-state index contributed by atoms with van der Waals surface area (Å²) in [6.07, 6.45) is 0. The quantitative estimate of drug-likeness (QED) is 0.561. The molecule has 0 spiro atoms. The van der Waals surface area contributed by atoms with Gasteiger partial charge in [0.1, 0.15) is 49.8 Å². The molecule has 1 rings (SSSR count). The van der Waals surface area contributed by atoms with E-state index in [-0.39, 0.29) is 5.22 Å². The van der Waals surface area contributed by atoms with Crippen LogP contribution in [0.3, 0.4) is 0 Å². The van der Waals surface area contributed by atoms with Crippen LogP contribution in [0.2, 0.25) is 0 Å². The fraction of sp³-hybridized carbons (Fsp3) is 0. The average Bonchev–Trinajstić information content (AvgIpc) is 2.59. The van der Waals surface area contributed by atoms with Crippen LogP contribution >= 0.6 is 0 Å². The van der Waals surface area contributed by atoms with Crippen molar-refractivity contribution in [1.82, 2.24) is 0 Å². The second-order valence-electron chi connectivity index (χ2n) is 3.82. The number of nitrogens with zero attached hydrogens (tertiary/aromatic N) is 7. The lowest BCUT2D eigenvalue weighted by atomic mass is 9.85. The predicted octanol–water partition coefficient (Wildman–Crippen LogP) is -0.829. The van der Waals surface area contributed by atoms with E-state index in [9.17, 15) is 21.0 Å². The molecule has 7 nitrogen and oxygen atoms in total. The Morgan fingerprint density at radius 3 is 1.17 bits per heavy atom. The molecule has 0 aliphatic rings. The molecule has 0 unspecified atom stereocenters. The van der Waals surface area contributed by atoms with E-state index in [1.807, 2.05) is 0 Å². The lowest BCUT2D eigenvalue weighted by molar-refractivity contribution is 1.30. The van der Waals surface area contributed by atoms with E-state index >= 15 is 0 Å². The molecule has 0 fully saturated rings. The van der Waals surface area contributed by atoms with E-state index in [0.29, 0.717) is 0 Å². The molecule has 0 aromatic heterocycles. The topological polar surface area (TPSA) is 167 Å². The summed E-state index contributed by atoms with van der Waals surface area (Å²) in [5.74, 6) is 0. The fourth-order valence-corrected chi connectivity index (χ4v) is 1.91. The first kappa shape index (κ1) is 16.5. The Bertz CT molecular complexity index is 1070. The summed E-state index contributed by atoms with van der Waals surface area (Å²) >= 11 is 0. The highest BCUT2D eigenvalue weighted by atomic mass is 14.4. The molecule has 23 heavy (non-hydrogen) atoms. The zero-order valence-electron chi connectivity index (χ0n) is 11.2. The minimum atomic E-state index is -0.604. The predicted molar refractivity (Wildman–Crippen MR) is 74.0 cm³/mol. The highest BCUT2D eigenvalue weighted by Gasteiger charge is 2.20. The molecular weight excluding hydrogens is 289 g/mol. The highest BCUT2D eigenvalue weighted by Crippen LogP contribution is 2.08. The molecule has 0 aliphatic carbocycles. The van der Waals surface area contributed by atoms with E-state index < -0.39 is 38.5 Å². The van der Waals surface area contributed by atoms with Crippen LogP contribution in [0.1, 0.15) is 22.3 Å². The van der Waals surface area contributed by atoms with Gasteiger partial charge in [-0.25, -0.2) is 0 Å². The van der Waals surface area contributed by atoms with E-state index in [2.05, 4.69) is 0 Å². The summed E-state index contributed by atoms with van der Waals surface area (Å²) in [5.41, 5.74) is -2.95. The Morgan fingerprint density at radius 2 is 0.913 bits per heavy atom. The van der Waals surface area contributed by atoms with Crippen LogP contribution in [0.4, 0.5) is 0 Å². The smallest absolute Gasteiger partial charge is 0.139 e. The van der Waals surface area contributed by atoms with Crippen molar-refractivity contribution < 1.29 is 0 Å². The summed E-state index contributed by atoms with van der Waals surface area (Å²) in [5, 5.41) is 63.2. The third-order valence-corrected chi connectivity index (χ3v) is 2.81. The summed E-state index contributed by atoms with van der Waals surface area (Å²) in [6, 6.07) is 11.1. The summed E-state index contributed by atoms with van der Waals surface area (Å²) in [6.45, 7) is 0. The summed E-state index contributed by atoms with van der Waals surface area (Å²) in [7, 11) is 5.48. The molecule has 0 amide bonds. The average molecular weight is 289 g/mol. The van der Waals surface area contributed by atoms with Gasteiger partial charge in [0.05, 0.1) is 28.3 Å². The first-order valence-electron chi connectivity index (χ1n) is 5.60. The van der Waals surface area contributed by atoms with Crippen molar-refractivity contribution in [2.75, 3.05) is 0 Å². The molecule has 2 radical (unpaired) electrons. The van der Waals surface area contributed by atoms with Crippen LogP contribution in [0.25, 0.3) is 11.0 Å². The number of nitriles is 7. The Labute approximate surface area is 131 Å². The lowest BCUT2D eigenvalue weighted by Crippen LogP contribution is -2.29. The van der Waals surface area contributed by atoms with Gasteiger partial charge in [-0.2, -0.15) is 36.8 Å². The van der Waals surface area contributed by atoms with E-state index in [4.69, 9.17) is 23.6 Å². The number of rotatable bonds is 0. The minimum absolute atomic E-state index is 0.357. The molecule has 0 heterocycles. The van der Waals surface area contributed by atoms with Gasteiger partial charge in [-0.05, 0) is 5.47 Å². The van der Waals surface area contributed by atoms with Gasteiger partial charge in [0.2, 0.25) is 0 Å². The second-order valence-corrected chi connectivity index (χ2v) is 3.82. The molecule has 1 aromatic carbocycles. The number of hydrogen-bond acceptors (Lipinski definition) is 7. The van der Waals surface area contributed by atoms with Crippen LogP contribution in [0.5, 0.6) is 0 Å². The van der Waals surface area contributed by atoms with Crippen molar-refractivity contribution in [2.24, 2.45) is 0 Å². The van der Waals surface area contributed by atoms with Gasteiger partial charge in [-0.1, -0.05) is 0 Å². The van der Waals surface area contributed by atoms with Gasteiger partial charge in [0.15, 0.2) is 0 Å². The molecule has 0 atom stereocenters. The molecule has 0 aliphatic heterocycles. The van der Waals surface area contributed by atoms with Crippen LogP contribution in [0, 0.1) is 79.3 Å². The van der Waals surface area contributed by atoms with Crippen molar-refractivity contribution in [3.63, 3.8) is 0 Å². The maximum absolute atomic E-state index is 9.27. The molecule has 0 saturated heterocycles. The Morgan fingerprint density at radius 1 is 0.565 bits per heavy atom. The Kier molecular flexibility index (Phi) is 4.85. The maximum Gasteiger partial charge on any atom is 0.139 e. The minimum Gasteiger partial charge on any atom is -0.194 e. The zero-order chi connectivity index (χ0) is 17.6. The van der Waals surface area contributed by atoms with Gasteiger partial charge in [0.25, 0.3) is 0 Å². The van der Waals surface area contributed by atoms with Gasteiger partial charge in [-0.15, -0.1) is 0 Å². The lowest BCUT2D eigenvalue weighted by Gasteiger charge is -2.05.